The monoisotopic (exact) mass is 519 g/mol. The topological polar surface area (TPSA) is 126 Å². The first-order valence-corrected chi connectivity index (χ1v) is 12.7. The summed E-state index contributed by atoms with van der Waals surface area (Å²) in [5, 5.41) is 3.45. The molecule has 10 heteroatoms. The molecule has 3 aromatic rings. The molecule has 1 amide bonds. The van der Waals surface area contributed by atoms with Crippen molar-refractivity contribution in [2.75, 3.05) is 13.2 Å². The molecule has 1 aromatic carbocycles. The minimum absolute atomic E-state index is 0.0130. The molecule has 2 aromatic heterocycles. The number of rotatable bonds is 8. The number of hydrogen-bond acceptors (Lipinski definition) is 8. The molecule has 0 unspecified atom stereocenters. The second kappa shape index (κ2) is 10.0. The second-order valence-corrected chi connectivity index (χ2v) is 9.68. The zero-order valence-electron chi connectivity index (χ0n) is 21.5. The summed E-state index contributed by atoms with van der Waals surface area (Å²) in [7, 11) is 0. The van der Waals surface area contributed by atoms with Gasteiger partial charge in [-0.2, -0.15) is 0 Å². The van der Waals surface area contributed by atoms with Crippen molar-refractivity contribution in [3.63, 3.8) is 0 Å². The largest absolute Gasteiger partial charge is 0.457 e. The van der Waals surface area contributed by atoms with Gasteiger partial charge in [-0.05, 0) is 38.5 Å². The van der Waals surface area contributed by atoms with Gasteiger partial charge in [0, 0.05) is 22.9 Å². The van der Waals surface area contributed by atoms with Gasteiger partial charge >= 0.3 is 11.9 Å². The van der Waals surface area contributed by atoms with Crippen LogP contribution in [0.1, 0.15) is 50.3 Å². The molecule has 0 aliphatic carbocycles. The molecule has 2 aliphatic rings. The standard InChI is InChI=1S/C28H29N3O7/c1-4-28(38-24(33)13-29-23(32)9-10-36-16(2)3)20-12-22-25-18(11-17-7-5-6-8-21(17)30-25)14-31(22)26(34)19(20)15-37-27(28)35/h5-8,11-12,16H,4,9-10,13-15H2,1-3H3,(H,29,32)/t28-/m0/s1. The number of pyridine rings is 2. The maximum Gasteiger partial charge on any atom is 0.355 e. The Kier molecular flexibility index (Phi) is 6.75. The summed E-state index contributed by atoms with van der Waals surface area (Å²) >= 11 is 0. The van der Waals surface area contributed by atoms with Crippen LogP contribution in [0.5, 0.6) is 0 Å². The van der Waals surface area contributed by atoms with Crippen LogP contribution in [0.3, 0.4) is 0 Å². The Balaban J connectivity index is 1.46. The second-order valence-electron chi connectivity index (χ2n) is 9.68. The van der Waals surface area contributed by atoms with Gasteiger partial charge in [-0.25, -0.2) is 9.78 Å². The summed E-state index contributed by atoms with van der Waals surface area (Å²) < 4.78 is 18.0. The zero-order valence-corrected chi connectivity index (χ0v) is 21.5. The maximum absolute atomic E-state index is 13.6. The molecule has 0 saturated carbocycles. The maximum atomic E-state index is 13.6. The van der Waals surface area contributed by atoms with Crippen LogP contribution in [-0.2, 0) is 47.3 Å². The molecule has 0 radical (unpaired) electrons. The van der Waals surface area contributed by atoms with Crippen molar-refractivity contribution in [2.45, 2.75) is 58.5 Å². The highest BCUT2D eigenvalue weighted by atomic mass is 16.6. The summed E-state index contributed by atoms with van der Waals surface area (Å²) in [5.41, 5.74) is 1.29. The van der Waals surface area contributed by atoms with Gasteiger partial charge in [0.1, 0.15) is 13.2 Å². The molecule has 0 bridgehead atoms. The summed E-state index contributed by atoms with van der Waals surface area (Å²) in [6.45, 7) is 5.30. The van der Waals surface area contributed by atoms with Crippen molar-refractivity contribution in [1.82, 2.24) is 14.9 Å². The van der Waals surface area contributed by atoms with Crippen molar-refractivity contribution in [3.05, 3.63) is 63.4 Å². The number of carbonyl (C=O) groups is 3. The molecule has 5 rings (SSSR count). The molecular weight excluding hydrogens is 490 g/mol. The average molecular weight is 520 g/mol. The van der Waals surface area contributed by atoms with Crippen LogP contribution < -0.4 is 10.9 Å². The number of cyclic esters (lactones) is 1. The summed E-state index contributed by atoms with van der Waals surface area (Å²) in [5.74, 6) is -1.96. The third-order valence-electron chi connectivity index (χ3n) is 6.88. The summed E-state index contributed by atoms with van der Waals surface area (Å²) in [4.78, 5) is 56.3. The lowest BCUT2D eigenvalue weighted by atomic mass is 9.85. The Morgan fingerprint density at radius 3 is 2.76 bits per heavy atom. The molecule has 4 heterocycles. The lowest BCUT2D eigenvalue weighted by Crippen LogP contribution is -2.48. The van der Waals surface area contributed by atoms with Crippen molar-refractivity contribution in [1.29, 1.82) is 0 Å². The van der Waals surface area contributed by atoms with E-state index in [1.807, 2.05) is 44.2 Å². The number of amides is 1. The number of ether oxygens (including phenoxy) is 3. The van der Waals surface area contributed by atoms with Gasteiger partial charge in [0.2, 0.25) is 11.5 Å². The lowest BCUT2D eigenvalue weighted by molar-refractivity contribution is -0.189. The molecule has 0 saturated heterocycles. The van der Waals surface area contributed by atoms with Crippen molar-refractivity contribution in [2.24, 2.45) is 0 Å². The minimum Gasteiger partial charge on any atom is -0.457 e. The molecular formula is C28H29N3O7. The number of nitrogens with zero attached hydrogens (tertiary/aromatic N) is 2. The van der Waals surface area contributed by atoms with E-state index in [-0.39, 0.29) is 49.2 Å². The van der Waals surface area contributed by atoms with E-state index in [1.165, 1.54) is 0 Å². The van der Waals surface area contributed by atoms with E-state index in [9.17, 15) is 19.2 Å². The number of hydrogen-bond donors (Lipinski definition) is 1. The highest BCUT2D eigenvalue weighted by Crippen LogP contribution is 2.40. The highest BCUT2D eigenvalue weighted by Gasteiger charge is 2.50. The van der Waals surface area contributed by atoms with Gasteiger partial charge in [0.25, 0.3) is 5.56 Å². The van der Waals surface area contributed by atoms with Crippen LogP contribution in [-0.4, -0.2) is 46.7 Å². The molecule has 2 aliphatic heterocycles. The molecule has 0 fully saturated rings. The van der Waals surface area contributed by atoms with E-state index in [0.717, 1.165) is 16.5 Å². The Bertz CT molecular complexity index is 1510. The van der Waals surface area contributed by atoms with Gasteiger partial charge in [-0.3, -0.25) is 14.4 Å². The van der Waals surface area contributed by atoms with Crippen molar-refractivity contribution < 1.29 is 28.6 Å². The van der Waals surface area contributed by atoms with Gasteiger partial charge in [0.15, 0.2) is 0 Å². The van der Waals surface area contributed by atoms with E-state index >= 15 is 0 Å². The van der Waals surface area contributed by atoms with Gasteiger partial charge in [-0.1, -0.05) is 25.1 Å². The van der Waals surface area contributed by atoms with Crippen LogP contribution in [0, 0.1) is 0 Å². The third-order valence-corrected chi connectivity index (χ3v) is 6.88. The van der Waals surface area contributed by atoms with E-state index in [1.54, 1.807) is 17.6 Å². The number of esters is 2. The number of benzene rings is 1. The van der Waals surface area contributed by atoms with Gasteiger partial charge in [0.05, 0.1) is 41.7 Å². The van der Waals surface area contributed by atoms with E-state index in [0.29, 0.717) is 23.5 Å². The number of fused-ring (bicyclic) bond motifs is 5. The van der Waals surface area contributed by atoms with Crippen LogP contribution in [0.2, 0.25) is 0 Å². The molecule has 198 valence electrons. The van der Waals surface area contributed by atoms with Gasteiger partial charge in [-0.15, -0.1) is 0 Å². The normalized spacial score (nSPS) is 17.5. The average Bonchev–Trinajstić information content (AvgIpc) is 3.25. The van der Waals surface area contributed by atoms with Crippen molar-refractivity contribution >= 4 is 28.7 Å². The Morgan fingerprint density at radius 1 is 1.21 bits per heavy atom. The lowest BCUT2D eigenvalue weighted by Gasteiger charge is -2.35. The van der Waals surface area contributed by atoms with Crippen LogP contribution in [0.4, 0.5) is 0 Å². The Hall–Kier alpha value is -4.05. The molecule has 0 spiro atoms. The fourth-order valence-corrected chi connectivity index (χ4v) is 4.96. The van der Waals surface area contributed by atoms with Gasteiger partial charge < -0.3 is 24.1 Å². The predicted octanol–water partition coefficient (Wildman–Crippen LogP) is 2.56. The van der Waals surface area contributed by atoms with Crippen molar-refractivity contribution in [3.8, 4) is 11.4 Å². The summed E-state index contributed by atoms with van der Waals surface area (Å²) in [6, 6.07) is 11.4. The Labute approximate surface area is 218 Å². The third kappa shape index (κ3) is 4.45. The zero-order chi connectivity index (χ0) is 27.0. The quantitative estimate of drug-likeness (QED) is 0.352. The number of para-hydroxylation sites is 1. The number of nitrogens with one attached hydrogen (secondary N) is 1. The highest BCUT2D eigenvalue weighted by molar-refractivity contribution is 5.89. The molecule has 1 atom stereocenters. The van der Waals surface area contributed by atoms with Crippen LogP contribution in [0.25, 0.3) is 22.3 Å². The SMILES string of the molecule is CC[C@@]1(OC(=O)CNC(=O)CCOC(C)C)C(=O)OCc2c1cc1n(c2=O)Cc2cc3ccccc3nc2-1. The Morgan fingerprint density at radius 2 is 2.00 bits per heavy atom. The first kappa shape index (κ1) is 25.6. The number of aromatic nitrogens is 2. The van der Waals surface area contributed by atoms with Crippen LogP contribution in [0.15, 0.2) is 41.2 Å². The molecule has 1 N–H and O–H groups in total. The minimum atomic E-state index is -1.81. The molecule has 38 heavy (non-hydrogen) atoms. The van der Waals surface area contributed by atoms with E-state index in [2.05, 4.69) is 5.32 Å². The van der Waals surface area contributed by atoms with Crippen LogP contribution >= 0.6 is 0 Å². The summed E-state index contributed by atoms with van der Waals surface area (Å²) in [6.07, 6.45) is 0.113. The smallest absolute Gasteiger partial charge is 0.355 e. The van der Waals surface area contributed by atoms with E-state index in [4.69, 9.17) is 19.2 Å². The fourth-order valence-electron chi connectivity index (χ4n) is 4.96. The number of carbonyl (C=O) groups excluding carboxylic acids is 3. The molecule has 10 nitrogen and oxygen atoms in total. The first-order chi connectivity index (χ1) is 18.2. The van der Waals surface area contributed by atoms with E-state index < -0.39 is 24.1 Å². The predicted molar refractivity (Wildman–Crippen MR) is 137 cm³/mol. The fraction of sp³-hybridized carbons (Fsp3) is 0.393. The first-order valence-electron chi connectivity index (χ1n) is 12.7.